The normalized spacial score (nSPS) is 15.8. The Balaban J connectivity index is 1.51. The average Bonchev–Trinajstić information content (AvgIpc) is 2.75. The molecule has 0 bridgehead atoms. The Morgan fingerprint density at radius 2 is 1.67 bits per heavy atom. The smallest absolute Gasteiger partial charge is 0.251 e. The quantitative estimate of drug-likeness (QED) is 0.702. The molecule has 1 unspecified atom stereocenters. The summed E-state index contributed by atoms with van der Waals surface area (Å²) >= 11 is 1.73. The van der Waals surface area contributed by atoms with Gasteiger partial charge in [0.25, 0.3) is 5.91 Å². The number of hydrogen-bond acceptors (Lipinski definition) is 3. The maximum absolute atomic E-state index is 13.2. The minimum Gasteiger partial charge on any atom is -0.349 e. The van der Waals surface area contributed by atoms with Crippen LogP contribution >= 0.6 is 11.8 Å². The Bertz CT molecular complexity index is 845. The number of nitrogens with zero attached hydrogens (tertiary/aromatic N) is 1. The zero-order valence-electron chi connectivity index (χ0n) is 18.1. The summed E-state index contributed by atoms with van der Waals surface area (Å²) in [4.78, 5) is 27.7. The Hall–Kier alpha value is -2.27. The minimum atomic E-state index is -0.0386. The minimum absolute atomic E-state index is 0.0173. The number of amides is 2. The number of carbonyl (C=O) groups excluding carboxylic acids is 2. The van der Waals surface area contributed by atoms with Gasteiger partial charge in [0.15, 0.2) is 0 Å². The number of hydrogen-bond donors (Lipinski definition) is 1. The average molecular weight is 425 g/mol. The van der Waals surface area contributed by atoms with Crippen molar-refractivity contribution in [1.29, 1.82) is 0 Å². The van der Waals surface area contributed by atoms with Crippen molar-refractivity contribution in [3.05, 3.63) is 71.3 Å². The number of benzene rings is 2. The van der Waals surface area contributed by atoms with Crippen molar-refractivity contribution < 1.29 is 9.59 Å². The number of thioether (sulfide) groups is 1. The molecule has 5 heteroatoms. The van der Waals surface area contributed by atoms with Crippen LogP contribution in [0.25, 0.3) is 0 Å². The van der Waals surface area contributed by atoms with Gasteiger partial charge in [-0.2, -0.15) is 0 Å². The first-order valence-corrected chi connectivity index (χ1v) is 11.8. The molecule has 160 valence electrons. The van der Waals surface area contributed by atoms with Crippen molar-refractivity contribution in [2.24, 2.45) is 5.92 Å². The molecule has 2 aromatic carbocycles. The number of nitrogens with one attached hydrogen (secondary N) is 1. The van der Waals surface area contributed by atoms with Crippen LogP contribution in [0, 0.1) is 12.8 Å². The maximum Gasteiger partial charge on any atom is 0.251 e. The zero-order chi connectivity index (χ0) is 21.5. The van der Waals surface area contributed by atoms with Crippen LogP contribution in [-0.4, -0.2) is 41.1 Å². The van der Waals surface area contributed by atoms with E-state index in [0.717, 1.165) is 29.7 Å². The molecule has 4 nitrogen and oxygen atoms in total. The van der Waals surface area contributed by atoms with Crippen LogP contribution < -0.4 is 5.32 Å². The van der Waals surface area contributed by atoms with E-state index in [-0.39, 0.29) is 29.0 Å². The summed E-state index contributed by atoms with van der Waals surface area (Å²) in [5.41, 5.74) is 2.96. The number of aryl methyl sites for hydroxylation is 1. The summed E-state index contributed by atoms with van der Waals surface area (Å²) in [5, 5.41) is 3.11. The van der Waals surface area contributed by atoms with Crippen LogP contribution in [-0.2, 0) is 10.5 Å². The van der Waals surface area contributed by atoms with E-state index in [9.17, 15) is 9.59 Å². The molecule has 0 saturated carbocycles. The first kappa shape index (κ1) is 22.4. The fourth-order valence-electron chi connectivity index (χ4n) is 3.82. The van der Waals surface area contributed by atoms with Crippen molar-refractivity contribution in [2.75, 3.05) is 13.1 Å². The second kappa shape index (κ2) is 10.7. The van der Waals surface area contributed by atoms with Crippen molar-refractivity contribution in [2.45, 2.75) is 50.7 Å². The molecular weight excluding hydrogens is 392 g/mol. The molecule has 30 heavy (non-hydrogen) atoms. The third kappa shape index (κ3) is 5.88. The number of likely N-dealkylation sites (tertiary alicyclic amines) is 1. The molecule has 3 rings (SSSR count). The Morgan fingerprint density at radius 3 is 2.30 bits per heavy atom. The number of piperidine rings is 1. The lowest BCUT2D eigenvalue weighted by Crippen LogP contribution is -2.49. The third-order valence-electron chi connectivity index (χ3n) is 5.65. The predicted molar refractivity (Wildman–Crippen MR) is 125 cm³/mol. The van der Waals surface area contributed by atoms with Crippen LogP contribution in [0.15, 0.2) is 54.6 Å². The van der Waals surface area contributed by atoms with E-state index >= 15 is 0 Å². The standard InChI is InChI=1S/C25H32N2O2S/c1-18(2)23(30-17-20-10-5-4-6-11-20)25(29)27-15-13-21(14-16-27)26-24(28)22-12-8-7-9-19(22)3/h4-12,18,21,23H,13-17H2,1-3H3,(H,26,28). The van der Waals surface area contributed by atoms with Gasteiger partial charge in [0, 0.05) is 30.4 Å². The van der Waals surface area contributed by atoms with Gasteiger partial charge in [0.1, 0.15) is 0 Å². The van der Waals surface area contributed by atoms with Crippen LogP contribution in [0.3, 0.4) is 0 Å². The lowest BCUT2D eigenvalue weighted by molar-refractivity contribution is -0.132. The molecule has 1 atom stereocenters. The van der Waals surface area contributed by atoms with Crippen LogP contribution in [0.5, 0.6) is 0 Å². The highest BCUT2D eigenvalue weighted by atomic mass is 32.2. The van der Waals surface area contributed by atoms with E-state index < -0.39 is 0 Å². The fourth-order valence-corrected chi connectivity index (χ4v) is 5.07. The van der Waals surface area contributed by atoms with E-state index in [0.29, 0.717) is 13.1 Å². The molecule has 1 fully saturated rings. The topological polar surface area (TPSA) is 49.4 Å². The molecular formula is C25H32N2O2S. The highest BCUT2D eigenvalue weighted by molar-refractivity contribution is 7.99. The summed E-state index contributed by atoms with van der Waals surface area (Å²) < 4.78 is 0. The van der Waals surface area contributed by atoms with E-state index in [1.807, 2.05) is 54.3 Å². The molecule has 1 aliphatic heterocycles. The van der Waals surface area contributed by atoms with Gasteiger partial charge in [-0.25, -0.2) is 0 Å². The molecule has 2 aromatic rings. The second-order valence-electron chi connectivity index (χ2n) is 8.35. The third-order valence-corrected chi connectivity index (χ3v) is 7.26. The molecule has 1 heterocycles. The Kier molecular flexibility index (Phi) is 7.97. The first-order chi connectivity index (χ1) is 14.5. The number of rotatable bonds is 7. The van der Waals surface area contributed by atoms with E-state index in [1.54, 1.807) is 11.8 Å². The van der Waals surface area contributed by atoms with Crippen molar-refractivity contribution in [3.63, 3.8) is 0 Å². The largest absolute Gasteiger partial charge is 0.349 e. The summed E-state index contributed by atoms with van der Waals surface area (Å²) in [6.45, 7) is 7.60. The molecule has 1 aliphatic rings. The molecule has 0 aliphatic carbocycles. The highest BCUT2D eigenvalue weighted by Crippen LogP contribution is 2.27. The Morgan fingerprint density at radius 1 is 1.03 bits per heavy atom. The SMILES string of the molecule is Cc1ccccc1C(=O)NC1CCN(C(=O)C(SCc2ccccc2)C(C)C)CC1. The van der Waals surface area contributed by atoms with E-state index in [4.69, 9.17) is 0 Å². The zero-order valence-corrected chi connectivity index (χ0v) is 19.0. The first-order valence-electron chi connectivity index (χ1n) is 10.8. The van der Waals surface area contributed by atoms with Crippen LogP contribution in [0.1, 0.15) is 48.2 Å². The fraction of sp³-hybridized carbons (Fsp3) is 0.440. The summed E-state index contributed by atoms with van der Waals surface area (Å²) in [6.07, 6.45) is 1.61. The molecule has 0 radical (unpaired) electrons. The lowest BCUT2D eigenvalue weighted by atomic mass is 10.0. The Labute approximate surface area is 184 Å². The van der Waals surface area contributed by atoms with Crippen molar-refractivity contribution >= 4 is 23.6 Å². The van der Waals surface area contributed by atoms with Gasteiger partial charge >= 0.3 is 0 Å². The number of carbonyl (C=O) groups is 2. The van der Waals surface area contributed by atoms with Gasteiger partial charge in [0.2, 0.25) is 5.91 Å². The van der Waals surface area contributed by atoms with Gasteiger partial charge < -0.3 is 10.2 Å². The summed E-state index contributed by atoms with van der Waals surface area (Å²) in [6, 6.07) is 18.1. The molecule has 2 amide bonds. The van der Waals surface area contributed by atoms with E-state index in [1.165, 1.54) is 5.56 Å². The molecule has 1 saturated heterocycles. The van der Waals surface area contributed by atoms with Gasteiger partial charge in [-0.3, -0.25) is 9.59 Å². The lowest BCUT2D eigenvalue weighted by Gasteiger charge is -2.35. The van der Waals surface area contributed by atoms with Crippen LogP contribution in [0.2, 0.25) is 0 Å². The highest BCUT2D eigenvalue weighted by Gasteiger charge is 2.31. The predicted octanol–water partition coefficient (Wildman–Crippen LogP) is 4.67. The monoisotopic (exact) mass is 424 g/mol. The van der Waals surface area contributed by atoms with E-state index in [2.05, 4.69) is 31.3 Å². The van der Waals surface area contributed by atoms with Gasteiger partial charge in [-0.05, 0) is 42.9 Å². The molecule has 0 spiro atoms. The maximum atomic E-state index is 13.2. The van der Waals surface area contributed by atoms with Crippen molar-refractivity contribution in [3.8, 4) is 0 Å². The van der Waals surface area contributed by atoms with Crippen molar-refractivity contribution in [1.82, 2.24) is 10.2 Å². The van der Waals surface area contributed by atoms with Crippen LogP contribution in [0.4, 0.5) is 0 Å². The molecule has 1 N–H and O–H groups in total. The summed E-state index contributed by atoms with van der Waals surface area (Å²) in [7, 11) is 0. The van der Waals surface area contributed by atoms with Gasteiger partial charge in [-0.15, -0.1) is 11.8 Å². The van der Waals surface area contributed by atoms with Gasteiger partial charge in [0.05, 0.1) is 5.25 Å². The molecule has 0 aromatic heterocycles. The second-order valence-corrected chi connectivity index (χ2v) is 9.48. The summed E-state index contributed by atoms with van der Waals surface area (Å²) in [5.74, 6) is 1.34. The van der Waals surface area contributed by atoms with Gasteiger partial charge in [-0.1, -0.05) is 62.4 Å².